The van der Waals surface area contributed by atoms with E-state index in [2.05, 4.69) is 25.9 Å². The van der Waals surface area contributed by atoms with Gasteiger partial charge in [-0.1, -0.05) is 109 Å². The van der Waals surface area contributed by atoms with Crippen molar-refractivity contribution < 1.29 is 34.1 Å². The predicted octanol–water partition coefficient (Wildman–Crippen LogP) is 5.89. The van der Waals surface area contributed by atoms with E-state index >= 15 is 0 Å². The number of nitrogens with one attached hydrogen (secondary N) is 4. The molecule has 4 aromatic rings. The summed E-state index contributed by atoms with van der Waals surface area (Å²) in [6, 6.07) is 21.8. The highest BCUT2D eigenvalue weighted by molar-refractivity contribution is 5.97. The summed E-state index contributed by atoms with van der Waals surface area (Å²) >= 11 is 0. The first kappa shape index (κ1) is 41.2. The minimum atomic E-state index is -1.55. The van der Waals surface area contributed by atoms with Crippen molar-refractivity contribution in [2.24, 2.45) is 23.7 Å². The molecule has 12 heteroatoms. The van der Waals surface area contributed by atoms with Crippen molar-refractivity contribution in [2.45, 2.75) is 103 Å². The number of nitrogens with zero attached hydrogens (tertiary/aromatic N) is 1. The fourth-order valence-electron chi connectivity index (χ4n) is 7.39. The summed E-state index contributed by atoms with van der Waals surface area (Å²) in [6.45, 7) is 7.42. The molecule has 1 unspecified atom stereocenters. The quantitative estimate of drug-likeness (QED) is 0.0643. The predicted molar refractivity (Wildman–Crippen MR) is 211 cm³/mol. The van der Waals surface area contributed by atoms with E-state index in [0.29, 0.717) is 30.2 Å². The fourth-order valence-corrected chi connectivity index (χ4v) is 7.39. The van der Waals surface area contributed by atoms with Gasteiger partial charge in [-0.3, -0.25) is 14.4 Å². The Kier molecular flexibility index (Phi) is 15.1. The summed E-state index contributed by atoms with van der Waals surface area (Å²) in [6.07, 6.45) is 3.13. The van der Waals surface area contributed by atoms with Crippen LogP contribution in [0.5, 0.6) is 11.5 Å². The molecule has 6 N–H and O–H groups in total. The zero-order valence-electron chi connectivity index (χ0n) is 32.4. The van der Waals surface area contributed by atoms with Crippen molar-refractivity contribution in [3.63, 3.8) is 0 Å². The van der Waals surface area contributed by atoms with Crippen LogP contribution in [0.4, 0.5) is 0 Å². The lowest BCUT2D eigenvalue weighted by molar-refractivity contribution is -0.140. The zero-order valence-corrected chi connectivity index (χ0v) is 32.4. The van der Waals surface area contributed by atoms with Gasteiger partial charge in [-0.25, -0.2) is 4.98 Å². The number of rotatable bonds is 19. The van der Waals surface area contributed by atoms with E-state index in [0.717, 1.165) is 43.1 Å². The van der Waals surface area contributed by atoms with E-state index < -0.39 is 47.9 Å². The van der Waals surface area contributed by atoms with Crippen LogP contribution < -0.4 is 25.4 Å². The number of hydrogen-bond donors (Lipinski definition) is 6. The van der Waals surface area contributed by atoms with Crippen molar-refractivity contribution in [3.05, 3.63) is 90.3 Å². The molecule has 55 heavy (non-hydrogen) atoms. The Hall–Kier alpha value is -4.94. The van der Waals surface area contributed by atoms with Crippen LogP contribution in [0.1, 0.15) is 88.8 Å². The highest BCUT2D eigenvalue weighted by Gasteiger charge is 2.41. The Labute approximate surface area is 323 Å². The van der Waals surface area contributed by atoms with Crippen LogP contribution in [-0.2, 0) is 16.1 Å². The van der Waals surface area contributed by atoms with Crippen LogP contribution in [-0.4, -0.2) is 69.0 Å². The Bertz CT molecular complexity index is 1790. The van der Waals surface area contributed by atoms with Gasteiger partial charge in [0.05, 0.1) is 41.2 Å². The normalized spacial score (nSPS) is 16.7. The number of aliphatic hydroxyl groups is 2. The van der Waals surface area contributed by atoms with E-state index in [-0.39, 0.29) is 36.6 Å². The molecule has 6 atom stereocenters. The molecule has 1 aromatic heterocycles. The van der Waals surface area contributed by atoms with E-state index in [1.807, 2.05) is 56.3 Å². The molecule has 0 bridgehead atoms. The van der Waals surface area contributed by atoms with Crippen molar-refractivity contribution >= 4 is 28.8 Å². The smallest absolute Gasteiger partial charge is 0.255 e. The summed E-state index contributed by atoms with van der Waals surface area (Å²) < 4.78 is 11.5. The number of benzene rings is 3. The second-order valence-electron chi connectivity index (χ2n) is 15.1. The lowest BCUT2D eigenvalue weighted by Gasteiger charge is -2.36. The third kappa shape index (κ3) is 11.3. The molecular formula is C43H57N5O7. The molecule has 296 valence electrons. The number of aromatic amines is 1. The lowest BCUT2D eigenvalue weighted by atomic mass is 9.79. The van der Waals surface area contributed by atoms with Gasteiger partial charge in [0.25, 0.3) is 5.91 Å². The molecule has 0 spiro atoms. The molecule has 1 saturated carbocycles. The van der Waals surface area contributed by atoms with Gasteiger partial charge >= 0.3 is 0 Å². The van der Waals surface area contributed by atoms with Gasteiger partial charge in [-0.05, 0) is 60.6 Å². The van der Waals surface area contributed by atoms with Gasteiger partial charge in [0.1, 0.15) is 29.5 Å². The Morgan fingerprint density at radius 2 is 1.53 bits per heavy atom. The number of carbonyl (C=O) groups excluding carboxylic acids is 3. The molecular weight excluding hydrogens is 699 g/mol. The number of carbonyl (C=O) groups is 3. The molecule has 12 nitrogen and oxygen atoms in total. The second kappa shape index (κ2) is 20.1. The number of para-hydroxylation sites is 4. The first-order chi connectivity index (χ1) is 26.5. The molecule has 5 rings (SSSR count). The number of aromatic nitrogens is 2. The molecule has 3 amide bonds. The monoisotopic (exact) mass is 755 g/mol. The van der Waals surface area contributed by atoms with Crippen LogP contribution in [0, 0.1) is 23.7 Å². The Morgan fingerprint density at radius 1 is 0.836 bits per heavy atom. The average Bonchev–Trinajstić information content (AvgIpc) is 3.62. The number of imidazole rings is 1. The lowest BCUT2D eigenvalue weighted by Crippen LogP contribution is -2.57. The largest absolute Gasteiger partial charge is 0.458 e. The maximum absolute atomic E-state index is 14.1. The minimum absolute atomic E-state index is 0.123. The van der Waals surface area contributed by atoms with Crippen LogP contribution in [0.25, 0.3) is 11.0 Å². The van der Waals surface area contributed by atoms with Gasteiger partial charge < -0.3 is 40.6 Å². The first-order valence-corrected chi connectivity index (χ1v) is 19.6. The van der Waals surface area contributed by atoms with Gasteiger partial charge in [0.2, 0.25) is 18.6 Å². The molecule has 0 aliphatic heterocycles. The SMILES string of the molecule is CC[C@H](C)[C@H](NC(=O)[C@H](C(C)C)C(O)[C@H](O)[C@H](CC1CCCCC1)NC(=O)c1ccccc1OCOc1ccccc1)C(=O)NCc1nc2ccccc2[nH]1. The third-order valence-corrected chi connectivity index (χ3v) is 10.8. The highest BCUT2D eigenvalue weighted by Crippen LogP contribution is 2.31. The Morgan fingerprint density at radius 3 is 2.24 bits per heavy atom. The number of H-pyrrole nitrogens is 1. The molecule has 1 fully saturated rings. The number of fused-ring (bicyclic) bond motifs is 1. The summed E-state index contributed by atoms with van der Waals surface area (Å²) in [4.78, 5) is 49.3. The summed E-state index contributed by atoms with van der Waals surface area (Å²) in [5, 5.41) is 32.5. The first-order valence-electron chi connectivity index (χ1n) is 19.6. The van der Waals surface area contributed by atoms with Crippen molar-refractivity contribution in [2.75, 3.05) is 6.79 Å². The third-order valence-electron chi connectivity index (χ3n) is 10.8. The molecule has 1 aliphatic rings. The van der Waals surface area contributed by atoms with Crippen molar-refractivity contribution in [1.82, 2.24) is 25.9 Å². The van der Waals surface area contributed by atoms with E-state index in [1.54, 1.807) is 50.2 Å². The summed E-state index contributed by atoms with van der Waals surface area (Å²) in [5.74, 6) is -1.39. The Balaban J connectivity index is 1.29. The van der Waals surface area contributed by atoms with Crippen LogP contribution in [0.2, 0.25) is 0 Å². The minimum Gasteiger partial charge on any atom is -0.458 e. The number of amides is 3. The molecule has 1 aliphatic carbocycles. The highest BCUT2D eigenvalue weighted by atomic mass is 16.7. The van der Waals surface area contributed by atoms with Gasteiger partial charge in [0, 0.05) is 0 Å². The van der Waals surface area contributed by atoms with Crippen molar-refractivity contribution in [1.29, 1.82) is 0 Å². The van der Waals surface area contributed by atoms with Crippen LogP contribution in [0.15, 0.2) is 78.9 Å². The van der Waals surface area contributed by atoms with Gasteiger partial charge in [-0.2, -0.15) is 0 Å². The van der Waals surface area contributed by atoms with E-state index in [9.17, 15) is 24.6 Å². The number of hydrogen-bond acceptors (Lipinski definition) is 8. The topological polar surface area (TPSA) is 175 Å². The van der Waals surface area contributed by atoms with E-state index in [1.165, 1.54) is 0 Å². The zero-order chi connectivity index (χ0) is 39.3. The maximum Gasteiger partial charge on any atom is 0.255 e. The molecule has 0 radical (unpaired) electrons. The number of aliphatic hydroxyl groups excluding tert-OH is 2. The summed E-state index contributed by atoms with van der Waals surface area (Å²) in [5.41, 5.74) is 1.89. The number of ether oxygens (including phenoxy) is 2. The van der Waals surface area contributed by atoms with E-state index in [4.69, 9.17) is 9.47 Å². The summed E-state index contributed by atoms with van der Waals surface area (Å²) in [7, 11) is 0. The standard InChI is InChI=1S/C43H57N5O7/c1-5-28(4)38(43(53)44-25-36-45-32-21-13-14-22-33(32)46-36)48-42(52)37(27(2)3)40(50)39(49)34(24-29-16-8-6-9-17-29)47-41(51)31-20-12-15-23-35(31)55-26-54-30-18-10-7-11-19-30/h7,10-15,18-23,27-29,34,37-40,49-50H,5-6,8-9,16-17,24-26H2,1-4H3,(H,44,53)(H,45,46)(H,47,51)(H,48,52)/t28-,34-,37+,38-,39+,40?/m0/s1. The molecule has 3 aromatic carbocycles. The molecule has 0 saturated heterocycles. The van der Waals surface area contributed by atoms with Crippen LogP contribution >= 0.6 is 0 Å². The maximum atomic E-state index is 14.1. The van der Waals surface area contributed by atoms with Crippen molar-refractivity contribution in [3.8, 4) is 11.5 Å². The average molecular weight is 756 g/mol. The molecule has 1 heterocycles. The second-order valence-corrected chi connectivity index (χ2v) is 15.1. The van der Waals surface area contributed by atoms with Crippen LogP contribution in [0.3, 0.4) is 0 Å². The van der Waals surface area contributed by atoms with Gasteiger partial charge in [0.15, 0.2) is 0 Å². The van der Waals surface area contributed by atoms with Gasteiger partial charge in [-0.15, -0.1) is 0 Å². The fraction of sp³-hybridized carbons (Fsp3) is 0.488.